The Morgan fingerprint density at radius 2 is 2.06 bits per heavy atom. The lowest BCUT2D eigenvalue weighted by molar-refractivity contribution is -0.124. The van der Waals surface area contributed by atoms with E-state index in [1.807, 2.05) is 20.8 Å². The Morgan fingerprint density at radius 1 is 1.41 bits per heavy atom. The molecular weight excluding hydrogens is 224 g/mol. The largest absolute Gasteiger partial charge is 0.336 e. The standard InChI is InChI=1S/C10H18N4O3/c1-10(2,3)13-8(16)11-4-5-14-7(15)6-12-9(14)17/h4-6H2,1-3H3,(H,12,17)(H2,11,13,16). The highest BCUT2D eigenvalue weighted by molar-refractivity contribution is 6.01. The van der Waals surface area contributed by atoms with Gasteiger partial charge in [0.15, 0.2) is 0 Å². The molecule has 96 valence electrons. The zero-order valence-corrected chi connectivity index (χ0v) is 10.3. The van der Waals surface area contributed by atoms with E-state index in [1.54, 1.807) is 0 Å². The van der Waals surface area contributed by atoms with Crippen molar-refractivity contribution >= 4 is 18.0 Å². The molecule has 1 rings (SSSR count). The molecule has 0 aromatic carbocycles. The first-order valence-corrected chi connectivity index (χ1v) is 5.44. The fourth-order valence-electron chi connectivity index (χ4n) is 1.35. The van der Waals surface area contributed by atoms with Gasteiger partial charge in [0.1, 0.15) is 0 Å². The normalized spacial score (nSPS) is 15.8. The van der Waals surface area contributed by atoms with Gasteiger partial charge >= 0.3 is 12.1 Å². The van der Waals surface area contributed by atoms with Gasteiger partial charge in [0, 0.05) is 18.6 Å². The number of nitrogens with one attached hydrogen (secondary N) is 3. The van der Waals surface area contributed by atoms with Gasteiger partial charge in [-0.05, 0) is 20.8 Å². The minimum Gasteiger partial charge on any atom is -0.336 e. The summed E-state index contributed by atoms with van der Waals surface area (Å²) >= 11 is 0. The number of carbonyl (C=O) groups is 3. The Kier molecular flexibility index (Phi) is 3.93. The smallest absolute Gasteiger partial charge is 0.324 e. The number of rotatable bonds is 3. The van der Waals surface area contributed by atoms with Crippen LogP contribution in [0.25, 0.3) is 0 Å². The van der Waals surface area contributed by atoms with Crippen molar-refractivity contribution in [2.45, 2.75) is 26.3 Å². The van der Waals surface area contributed by atoms with Gasteiger partial charge in [0.25, 0.3) is 0 Å². The molecule has 0 aliphatic carbocycles. The molecular formula is C10H18N4O3. The van der Waals surface area contributed by atoms with E-state index >= 15 is 0 Å². The average molecular weight is 242 g/mol. The second-order valence-electron chi connectivity index (χ2n) is 4.83. The zero-order valence-electron chi connectivity index (χ0n) is 10.3. The van der Waals surface area contributed by atoms with Crippen molar-refractivity contribution in [3.8, 4) is 0 Å². The second-order valence-corrected chi connectivity index (χ2v) is 4.83. The fraction of sp³-hybridized carbons (Fsp3) is 0.700. The number of hydrogen-bond donors (Lipinski definition) is 3. The molecule has 0 aromatic rings. The predicted molar refractivity (Wildman–Crippen MR) is 61.4 cm³/mol. The summed E-state index contributed by atoms with van der Waals surface area (Å²) in [5, 5.41) is 7.70. The lowest BCUT2D eigenvalue weighted by Crippen LogP contribution is -2.48. The molecule has 1 fully saturated rings. The molecule has 0 aromatic heterocycles. The van der Waals surface area contributed by atoms with Crippen LogP contribution in [0.15, 0.2) is 0 Å². The van der Waals surface area contributed by atoms with Crippen molar-refractivity contribution in [1.29, 1.82) is 0 Å². The highest BCUT2D eigenvalue weighted by atomic mass is 16.2. The van der Waals surface area contributed by atoms with Gasteiger partial charge in [0.05, 0.1) is 6.54 Å². The van der Waals surface area contributed by atoms with Crippen molar-refractivity contribution in [3.05, 3.63) is 0 Å². The third-order valence-electron chi connectivity index (χ3n) is 2.05. The summed E-state index contributed by atoms with van der Waals surface area (Å²) in [6, 6.07) is -0.724. The zero-order chi connectivity index (χ0) is 13.1. The van der Waals surface area contributed by atoms with E-state index in [-0.39, 0.29) is 37.1 Å². The van der Waals surface area contributed by atoms with Crippen LogP contribution in [0.1, 0.15) is 20.8 Å². The van der Waals surface area contributed by atoms with Crippen LogP contribution >= 0.6 is 0 Å². The van der Waals surface area contributed by atoms with Gasteiger partial charge in [-0.25, -0.2) is 9.59 Å². The first-order valence-electron chi connectivity index (χ1n) is 5.44. The maximum absolute atomic E-state index is 11.4. The Morgan fingerprint density at radius 3 is 2.53 bits per heavy atom. The molecule has 0 spiro atoms. The van der Waals surface area contributed by atoms with Crippen LogP contribution in [0.4, 0.5) is 9.59 Å². The summed E-state index contributed by atoms with van der Waals surface area (Å²) in [6.45, 7) is 6.05. The fourth-order valence-corrected chi connectivity index (χ4v) is 1.35. The first-order chi connectivity index (χ1) is 7.79. The van der Waals surface area contributed by atoms with E-state index in [2.05, 4.69) is 16.0 Å². The Hall–Kier alpha value is -1.79. The minimum absolute atomic E-state index is 0.0347. The van der Waals surface area contributed by atoms with Crippen LogP contribution in [0.5, 0.6) is 0 Å². The molecule has 1 aliphatic rings. The summed E-state index contributed by atoms with van der Waals surface area (Å²) in [5.41, 5.74) is -0.315. The first kappa shape index (κ1) is 13.3. The number of carbonyl (C=O) groups excluding carboxylic acids is 3. The lowest BCUT2D eigenvalue weighted by Gasteiger charge is -2.21. The summed E-state index contributed by atoms with van der Waals surface area (Å²) in [5.74, 6) is -0.270. The quantitative estimate of drug-likeness (QED) is 0.590. The predicted octanol–water partition coefficient (Wildman–Crippen LogP) is -0.364. The Labute approximate surface area is 99.9 Å². The SMILES string of the molecule is CC(C)(C)NC(=O)NCCN1C(=O)CNC1=O. The van der Waals surface area contributed by atoms with Gasteiger partial charge in [-0.1, -0.05) is 0 Å². The molecule has 7 nitrogen and oxygen atoms in total. The summed E-state index contributed by atoms with van der Waals surface area (Å²) in [7, 11) is 0. The third-order valence-corrected chi connectivity index (χ3v) is 2.05. The lowest BCUT2D eigenvalue weighted by atomic mass is 10.1. The van der Waals surface area contributed by atoms with E-state index in [9.17, 15) is 14.4 Å². The second kappa shape index (κ2) is 5.03. The summed E-state index contributed by atoms with van der Waals surface area (Å²) < 4.78 is 0. The average Bonchev–Trinajstić information content (AvgIpc) is 2.46. The number of hydrogen-bond acceptors (Lipinski definition) is 3. The maximum atomic E-state index is 11.4. The van der Waals surface area contributed by atoms with Gasteiger partial charge < -0.3 is 16.0 Å². The molecule has 0 unspecified atom stereocenters. The van der Waals surface area contributed by atoms with Crippen molar-refractivity contribution in [1.82, 2.24) is 20.9 Å². The molecule has 0 saturated carbocycles. The van der Waals surface area contributed by atoms with E-state index in [0.717, 1.165) is 4.90 Å². The number of urea groups is 2. The molecule has 7 heteroatoms. The van der Waals surface area contributed by atoms with Gasteiger partial charge in [-0.3, -0.25) is 9.69 Å². The minimum atomic E-state index is -0.409. The molecule has 0 bridgehead atoms. The number of imide groups is 1. The Balaban J connectivity index is 2.26. The molecule has 1 saturated heterocycles. The van der Waals surface area contributed by atoms with E-state index < -0.39 is 6.03 Å². The van der Waals surface area contributed by atoms with Gasteiger partial charge in [-0.2, -0.15) is 0 Å². The molecule has 17 heavy (non-hydrogen) atoms. The molecule has 0 radical (unpaired) electrons. The van der Waals surface area contributed by atoms with Crippen LogP contribution in [-0.2, 0) is 4.79 Å². The third kappa shape index (κ3) is 4.29. The molecule has 3 N–H and O–H groups in total. The monoisotopic (exact) mass is 242 g/mol. The van der Waals surface area contributed by atoms with Crippen LogP contribution in [0, 0.1) is 0 Å². The summed E-state index contributed by atoms with van der Waals surface area (Å²) in [4.78, 5) is 34.8. The van der Waals surface area contributed by atoms with Crippen molar-refractivity contribution in [2.75, 3.05) is 19.6 Å². The molecule has 0 atom stereocenters. The molecule has 5 amide bonds. The number of nitrogens with zero attached hydrogens (tertiary/aromatic N) is 1. The molecule has 1 heterocycles. The van der Waals surface area contributed by atoms with Crippen LogP contribution in [-0.4, -0.2) is 48.0 Å². The van der Waals surface area contributed by atoms with Crippen molar-refractivity contribution in [2.24, 2.45) is 0 Å². The highest BCUT2D eigenvalue weighted by Crippen LogP contribution is 1.98. The Bertz CT molecular complexity index is 319. The van der Waals surface area contributed by atoms with Crippen molar-refractivity contribution < 1.29 is 14.4 Å². The van der Waals surface area contributed by atoms with Crippen LogP contribution in [0.2, 0.25) is 0 Å². The van der Waals surface area contributed by atoms with Gasteiger partial charge in [-0.15, -0.1) is 0 Å². The van der Waals surface area contributed by atoms with Crippen molar-refractivity contribution in [3.63, 3.8) is 0 Å². The maximum Gasteiger partial charge on any atom is 0.324 e. The van der Waals surface area contributed by atoms with E-state index in [4.69, 9.17) is 0 Å². The van der Waals surface area contributed by atoms with E-state index in [1.165, 1.54) is 0 Å². The van der Waals surface area contributed by atoms with E-state index in [0.29, 0.717) is 0 Å². The highest BCUT2D eigenvalue weighted by Gasteiger charge is 2.27. The topological polar surface area (TPSA) is 90.5 Å². The van der Waals surface area contributed by atoms with Gasteiger partial charge in [0.2, 0.25) is 5.91 Å². The number of amides is 5. The van der Waals surface area contributed by atoms with Crippen LogP contribution in [0.3, 0.4) is 0 Å². The molecule has 1 aliphatic heterocycles. The summed E-state index contributed by atoms with van der Waals surface area (Å²) in [6.07, 6.45) is 0. The van der Waals surface area contributed by atoms with Crippen LogP contribution < -0.4 is 16.0 Å².